The second-order valence-electron chi connectivity index (χ2n) is 3.27. The van der Waals surface area contributed by atoms with E-state index < -0.39 is 0 Å². The topological polar surface area (TPSA) is 63.5 Å². The number of nitriles is 1. The van der Waals surface area contributed by atoms with E-state index in [-0.39, 0.29) is 6.04 Å². The zero-order valence-corrected chi connectivity index (χ0v) is 10.2. The highest BCUT2D eigenvalue weighted by Gasteiger charge is 2.03. The van der Waals surface area contributed by atoms with Gasteiger partial charge in [-0.05, 0) is 13.0 Å². The molecule has 0 aliphatic heterocycles. The molecule has 0 bridgehead atoms. The van der Waals surface area contributed by atoms with E-state index in [4.69, 9.17) is 19.5 Å². The predicted molar refractivity (Wildman–Crippen MR) is 61.2 cm³/mol. The molecule has 0 rings (SSSR count). The van der Waals surface area contributed by atoms with E-state index in [9.17, 15) is 0 Å². The Morgan fingerprint density at radius 2 is 1.94 bits per heavy atom. The molecule has 94 valence electrons. The largest absolute Gasteiger partial charge is 0.382 e. The Kier molecular flexibility index (Phi) is 11.9. The molecule has 1 N–H and O–H groups in total. The first-order chi connectivity index (χ1) is 7.85. The summed E-state index contributed by atoms with van der Waals surface area (Å²) in [5.41, 5.74) is 0. The predicted octanol–water partition coefficient (Wildman–Crippen LogP) is 0.558. The van der Waals surface area contributed by atoms with Crippen LogP contribution < -0.4 is 5.32 Å². The molecule has 0 aromatic carbocycles. The number of ether oxygens (including phenoxy) is 3. The van der Waals surface area contributed by atoms with Gasteiger partial charge >= 0.3 is 0 Å². The molecule has 0 aliphatic carbocycles. The van der Waals surface area contributed by atoms with Crippen molar-refractivity contribution < 1.29 is 14.2 Å². The van der Waals surface area contributed by atoms with Crippen LogP contribution in [0.15, 0.2) is 0 Å². The lowest BCUT2D eigenvalue weighted by Crippen LogP contribution is -2.32. The first-order valence-corrected chi connectivity index (χ1v) is 5.62. The van der Waals surface area contributed by atoms with Crippen molar-refractivity contribution in [3.8, 4) is 6.07 Å². The molecule has 5 heteroatoms. The van der Waals surface area contributed by atoms with E-state index >= 15 is 0 Å². The molecule has 5 nitrogen and oxygen atoms in total. The first-order valence-electron chi connectivity index (χ1n) is 5.62. The number of methoxy groups -OCH3 is 1. The van der Waals surface area contributed by atoms with E-state index in [1.54, 1.807) is 7.11 Å². The van der Waals surface area contributed by atoms with Crippen molar-refractivity contribution >= 4 is 0 Å². The Morgan fingerprint density at radius 3 is 2.56 bits per heavy atom. The van der Waals surface area contributed by atoms with Gasteiger partial charge in [0, 0.05) is 20.3 Å². The van der Waals surface area contributed by atoms with Gasteiger partial charge < -0.3 is 19.5 Å². The second-order valence-corrected chi connectivity index (χ2v) is 3.27. The minimum Gasteiger partial charge on any atom is -0.382 e. The Labute approximate surface area is 97.7 Å². The number of hydrogen-bond acceptors (Lipinski definition) is 5. The second kappa shape index (κ2) is 12.4. The molecular weight excluding hydrogens is 208 g/mol. The van der Waals surface area contributed by atoms with Crippen LogP contribution in [-0.4, -0.2) is 52.7 Å². The van der Waals surface area contributed by atoms with Crippen molar-refractivity contribution in [3.63, 3.8) is 0 Å². The lowest BCUT2D eigenvalue weighted by molar-refractivity contribution is 0.0498. The van der Waals surface area contributed by atoms with Crippen LogP contribution in [-0.2, 0) is 14.2 Å². The van der Waals surface area contributed by atoms with Crippen LogP contribution in [0.25, 0.3) is 0 Å². The van der Waals surface area contributed by atoms with E-state index in [2.05, 4.69) is 11.4 Å². The average Bonchev–Trinajstić information content (AvgIpc) is 2.31. The molecular formula is C11H22N2O3. The number of nitrogens with one attached hydrogen (secondary N) is 1. The van der Waals surface area contributed by atoms with Crippen molar-refractivity contribution in [2.24, 2.45) is 0 Å². The maximum atomic E-state index is 8.73. The molecule has 0 aromatic rings. The van der Waals surface area contributed by atoms with Crippen LogP contribution in [0.3, 0.4) is 0 Å². The van der Waals surface area contributed by atoms with Crippen LogP contribution in [0, 0.1) is 11.3 Å². The van der Waals surface area contributed by atoms with Gasteiger partial charge in [0.2, 0.25) is 0 Å². The minimum atomic E-state index is -0.209. The molecule has 0 radical (unpaired) electrons. The van der Waals surface area contributed by atoms with Crippen LogP contribution in [0.1, 0.15) is 13.3 Å². The lowest BCUT2D eigenvalue weighted by atomic mass is 10.3. The summed E-state index contributed by atoms with van der Waals surface area (Å²) < 4.78 is 15.5. The van der Waals surface area contributed by atoms with E-state index in [1.165, 1.54) is 0 Å². The van der Waals surface area contributed by atoms with Crippen molar-refractivity contribution in [1.29, 1.82) is 5.26 Å². The Morgan fingerprint density at radius 1 is 1.19 bits per heavy atom. The highest BCUT2D eigenvalue weighted by atomic mass is 16.5. The Hall–Kier alpha value is -0.670. The number of likely N-dealkylation sites (N-methyl/N-ethyl adjacent to an activating group) is 1. The maximum absolute atomic E-state index is 8.73. The highest BCUT2D eigenvalue weighted by molar-refractivity contribution is 4.88. The Balaban J connectivity index is 3.16. The third kappa shape index (κ3) is 9.87. The van der Waals surface area contributed by atoms with E-state index in [0.717, 1.165) is 13.0 Å². The summed E-state index contributed by atoms with van der Waals surface area (Å²) in [6.45, 7) is 5.71. The van der Waals surface area contributed by atoms with Gasteiger partial charge in [-0.2, -0.15) is 5.26 Å². The summed E-state index contributed by atoms with van der Waals surface area (Å²) in [7, 11) is 1.65. The normalized spacial score (nSPS) is 12.3. The van der Waals surface area contributed by atoms with Crippen LogP contribution in [0.5, 0.6) is 0 Å². The summed E-state index contributed by atoms with van der Waals surface area (Å²) in [4.78, 5) is 0. The van der Waals surface area contributed by atoms with Crippen molar-refractivity contribution in [1.82, 2.24) is 5.32 Å². The lowest BCUT2D eigenvalue weighted by Gasteiger charge is -2.10. The monoisotopic (exact) mass is 230 g/mol. The number of hydrogen-bond donors (Lipinski definition) is 1. The van der Waals surface area contributed by atoms with Gasteiger partial charge in [-0.15, -0.1) is 0 Å². The third-order valence-electron chi connectivity index (χ3n) is 1.90. The summed E-state index contributed by atoms with van der Waals surface area (Å²) >= 11 is 0. The van der Waals surface area contributed by atoms with Gasteiger partial charge in [0.25, 0.3) is 0 Å². The fourth-order valence-electron chi connectivity index (χ4n) is 1.10. The standard InChI is InChI=1S/C11H22N2O3/c1-3-13-11(9-12)10-16-6-4-5-15-8-7-14-2/h11,13H,3-8,10H2,1-2H3. The molecule has 1 atom stereocenters. The van der Waals surface area contributed by atoms with E-state index in [1.807, 2.05) is 6.92 Å². The number of nitrogens with zero attached hydrogens (tertiary/aromatic N) is 1. The molecule has 16 heavy (non-hydrogen) atoms. The van der Waals surface area contributed by atoms with Gasteiger partial charge in [0.15, 0.2) is 0 Å². The molecule has 0 aromatic heterocycles. The smallest absolute Gasteiger partial charge is 0.119 e. The first kappa shape index (κ1) is 15.3. The number of rotatable bonds is 11. The van der Waals surface area contributed by atoms with Crippen LogP contribution >= 0.6 is 0 Å². The third-order valence-corrected chi connectivity index (χ3v) is 1.90. The molecule has 1 unspecified atom stereocenters. The van der Waals surface area contributed by atoms with Crippen LogP contribution in [0.2, 0.25) is 0 Å². The molecule has 0 saturated carbocycles. The molecule has 0 heterocycles. The zero-order chi connectivity index (χ0) is 12.1. The van der Waals surface area contributed by atoms with Crippen molar-refractivity contribution in [2.45, 2.75) is 19.4 Å². The highest BCUT2D eigenvalue weighted by Crippen LogP contribution is 1.89. The zero-order valence-electron chi connectivity index (χ0n) is 10.2. The fourth-order valence-corrected chi connectivity index (χ4v) is 1.10. The molecule has 0 aliphatic rings. The van der Waals surface area contributed by atoms with Crippen molar-refractivity contribution in [3.05, 3.63) is 0 Å². The van der Waals surface area contributed by atoms with Gasteiger partial charge in [-0.3, -0.25) is 0 Å². The maximum Gasteiger partial charge on any atom is 0.119 e. The Bertz CT molecular complexity index is 183. The summed E-state index contributed by atoms with van der Waals surface area (Å²) in [6, 6.07) is 1.93. The van der Waals surface area contributed by atoms with E-state index in [0.29, 0.717) is 33.0 Å². The SMILES string of the molecule is CCNC(C#N)COCCCOCCOC. The van der Waals surface area contributed by atoms with Crippen LogP contribution in [0.4, 0.5) is 0 Å². The minimum absolute atomic E-state index is 0.209. The van der Waals surface area contributed by atoms with Gasteiger partial charge in [-0.1, -0.05) is 6.92 Å². The summed E-state index contributed by atoms with van der Waals surface area (Å²) in [6.07, 6.45) is 0.841. The molecule has 0 amide bonds. The van der Waals surface area contributed by atoms with Gasteiger partial charge in [0.05, 0.1) is 25.9 Å². The van der Waals surface area contributed by atoms with Crippen molar-refractivity contribution in [2.75, 3.05) is 46.7 Å². The summed E-state index contributed by atoms with van der Waals surface area (Å²) in [5, 5.41) is 11.7. The summed E-state index contributed by atoms with van der Waals surface area (Å²) in [5.74, 6) is 0. The van der Waals surface area contributed by atoms with Gasteiger partial charge in [0.1, 0.15) is 6.04 Å². The quantitative estimate of drug-likeness (QED) is 0.525. The fraction of sp³-hybridized carbons (Fsp3) is 0.909. The van der Waals surface area contributed by atoms with Gasteiger partial charge in [-0.25, -0.2) is 0 Å². The molecule has 0 spiro atoms. The molecule has 0 saturated heterocycles. The molecule has 0 fully saturated rings. The average molecular weight is 230 g/mol.